The summed E-state index contributed by atoms with van der Waals surface area (Å²) in [4.78, 5) is 14.3. The van der Waals surface area contributed by atoms with Crippen LogP contribution in [-0.2, 0) is 17.6 Å². The van der Waals surface area contributed by atoms with Gasteiger partial charge in [-0.3, -0.25) is 4.79 Å². The van der Waals surface area contributed by atoms with Gasteiger partial charge in [-0.2, -0.15) is 0 Å². The van der Waals surface area contributed by atoms with Crippen LogP contribution in [0.4, 0.5) is 0 Å². The van der Waals surface area contributed by atoms with Crippen molar-refractivity contribution in [3.05, 3.63) is 34.3 Å². The first kappa shape index (κ1) is 20.3. The molecule has 1 aliphatic heterocycles. The number of hydrogen-bond acceptors (Lipinski definition) is 2. The predicted molar refractivity (Wildman–Crippen MR) is 106 cm³/mol. The van der Waals surface area contributed by atoms with Gasteiger partial charge in [0.05, 0.1) is 6.42 Å². The molecule has 0 aromatic heterocycles. The van der Waals surface area contributed by atoms with E-state index in [2.05, 4.69) is 18.3 Å². The Balaban J connectivity index is 0.000000386. The zero-order valence-electron chi connectivity index (χ0n) is 15.8. The molecule has 0 unspecified atom stereocenters. The molecule has 3 nitrogen and oxygen atoms in total. The SMILES string of the molecule is C1CCNC1.CCc1cc(CC(=O)N(C)C2CCCCC2)ccc1Cl. The highest BCUT2D eigenvalue weighted by Crippen LogP contribution is 2.23. The van der Waals surface area contributed by atoms with Crippen molar-refractivity contribution < 1.29 is 4.79 Å². The van der Waals surface area contributed by atoms with Gasteiger partial charge in [0.15, 0.2) is 0 Å². The lowest BCUT2D eigenvalue weighted by Gasteiger charge is -2.31. The molecule has 1 aromatic carbocycles. The fourth-order valence-corrected chi connectivity index (χ4v) is 3.86. The van der Waals surface area contributed by atoms with Crippen LogP contribution in [0.15, 0.2) is 18.2 Å². The van der Waals surface area contributed by atoms with Gasteiger partial charge >= 0.3 is 0 Å². The van der Waals surface area contributed by atoms with Gasteiger partial charge in [-0.25, -0.2) is 0 Å². The van der Waals surface area contributed by atoms with E-state index in [1.54, 1.807) is 0 Å². The summed E-state index contributed by atoms with van der Waals surface area (Å²) < 4.78 is 0. The molecule has 4 heteroatoms. The Morgan fingerprint density at radius 2 is 1.84 bits per heavy atom. The van der Waals surface area contributed by atoms with Crippen molar-refractivity contribution in [3.8, 4) is 0 Å². The predicted octanol–water partition coefficient (Wildman–Crippen LogP) is 4.61. The van der Waals surface area contributed by atoms with E-state index in [0.29, 0.717) is 12.5 Å². The van der Waals surface area contributed by atoms with Crippen LogP contribution >= 0.6 is 11.6 Å². The van der Waals surface area contributed by atoms with E-state index in [1.165, 1.54) is 45.2 Å². The minimum atomic E-state index is 0.223. The average Bonchev–Trinajstić information content (AvgIpc) is 3.23. The van der Waals surface area contributed by atoms with Crippen LogP contribution < -0.4 is 5.32 Å². The Morgan fingerprint density at radius 1 is 1.16 bits per heavy atom. The standard InChI is InChI=1S/C17H24ClNO.C4H9N/c1-3-14-11-13(9-10-16(14)18)12-17(20)19(2)15-7-5-4-6-8-15;1-2-4-5-3-1/h9-11,15H,3-8,12H2,1-2H3;5H,1-4H2. The minimum absolute atomic E-state index is 0.223. The number of benzene rings is 1. The Hall–Kier alpha value is -1.06. The molecule has 0 radical (unpaired) electrons. The summed E-state index contributed by atoms with van der Waals surface area (Å²) in [6, 6.07) is 6.38. The molecule has 2 aliphatic rings. The summed E-state index contributed by atoms with van der Waals surface area (Å²) >= 11 is 6.12. The van der Waals surface area contributed by atoms with Crippen LogP contribution in [0.3, 0.4) is 0 Å². The molecule has 0 bridgehead atoms. The van der Waals surface area contributed by atoms with Crippen molar-refractivity contribution in [1.29, 1.82) is 0 Å². The third-order valence-corrected chi connectivity index (χ3v) is 5.69. The van der Waals surface area contributed by atoms with E-state index in [9.17, 15) is 4.79 Å². The van der Waals surface area contributed by atoms with Gasteiger partial charge < -0.3 is 10.2 Å². The number of hydrogen-bond donors (Lipinski definition) is 1. The average molecular weight is 365 g/mol. The molecular weight excluding hydrogens is 332 g/mol. The number of carbonyl (C=O) groups excluding carboxylic acids is 1. The Bertz CT molecular complexity index is 529. The normalized spacial score (nSPS) is 17.7. The Morgan fingerprint density at radius 3 is 2.40 bits per heavy atom. The lowest BCUT2D eigenvalue weighted by atomic mass is 9.94. The number of halogens is 1. The molecule has 1 amide bonds. The van der Waals surface area contributed by atoms with Gasteiger partial charge in [0.2, 0.25) is 5.91 Å². The van der Waals surface area contributed by atoms with Gasteiger partial charge in [0.1, 0.15) is 0 Å². The maximum absolute atomic E-state index is 12.4. The molecule has 1 saturated heterocycles. The van der Waals surface area contributed by atoms with Gasteiger partial charge in [0.25, 0.3) is 0 Å². The third kappa shape index (κ3) is 6.63. The Kier molecular flexibility index (Phi) is 8.77. The number of likely N-dealkylation sites (N-methyl/N-ethyl adjacent to an activating group) is 1. The van der Waals surface area contributed by atoms with Crippen molar-refractivity contribution >= 4 is 17.5 Å². The number of amides is 1. The fourth-order valence-electron chi connectivity index (χ4n) is 3.61. The van der Waals surface area contributed by atoms with E-state index >= 15 is 0 Å². The van der Waals surface area contributed by atoms with Crippen LogP contribution in [-0.4, -0.2) is 37.0 Å². The summed E-state index contributed by atoms with van der Waals surface area (Å²) in [5.41, 5.74) is 2.19. The lowest BCUT2D eigenvalue weighted by Crippen LogP contribution is -2.39. The zero-order chi connectivity index (χ0) is 18.1. The monoisotopic (exact) mass is 364 g/mol. The molecule has 0 atom stereocenters. The molecular formula is C21H33ClN2O. The van der Waals surface area contributed by atoms with Crippen LogP contribution in [0.1, 0.15) is 63.0 Å². The van der Waals surface area contributed by atoms with Gasteiger partial charge in [-0.1, -0.05) is 49.9 Å². The molecule has 1 heterocycles. The molecule has 140 valence electrons. The van der Waals surface area contributed by atoms with Crippen LogP contribution in [0.5, 0.6) is 0 Å². The first-order valence-corrected chi connectivity index (χ1v) is 10.2. The summed E-state index contributed by atoms with van der Waals surface area (Å²) in [6.45, 7) is 4.58. The van der Waals surface area contributed by atoms with Crippen molar-refractivity contribution in [3.63, 3.8) is 0 Å². The highest BCUT2D eigenvalue weighted by atomic mass is 35.5. The maximum atomic E-state index is 12.4. The number of rotatable bonds is 4. The topological polar surface area (TPSA) is 32.3 Å². The molecule has 25 heavy (non-hydrogen) atoms. The molecule has 2 fully saturated rings. The summed E-state index contributed by atoms with van der Waals surface area (Å²) in [6.07, 6.45) is 10.3. The van der Waals surface area contributed by atoms with Crippen molar-refractivity contribution in [2.24, 2.45) is 0 Å². The molecule has 1 saturated carbocycles. The molecule has 1 aromatic rings. The summed E-state index contributed by atoms with van der Waals surface area (Å²) in [5.74, 6) is 0.223. The highest BCUT2D eigenvalue weighted by Gasteiger charge is 2.22. The zero-order valence-corrected chi connectivity index (χ0v) is 16.6. The van der Waals surface area contributed by atoms with E-state index in [4.69, 9.17) is 11.6 Å². The van der Waals surface area contributed by atoms with Crippen molar-refractivity contribution in [2.75, 3.05) is 20.1 Å². The summed E-state index contributed by atoms with van der Waals surface area (Å²) in [7, 11) is 1.95. The molecule has 1 aliphatic carbocycles. The lowest BCUT2D eigenvalue weighted by molar-refractivity contribution is -0.131. The van der Waals surface area contributed by atoms with Crippen molar-refractivity contribution in [2.45, 2.75) is 70.8 Å². The van der Waals surface area contributed by atoms with Crippen LogP contribution in [0.2, 0.25) is 5.02 Å². The first-order valence-electron chi connectivity index (χ1n) is 9.85. The highest BCUT2D eigenvalue weighted by molar-refractivity contribution is 6.31. The Labute approximate surface area is 158 Å². The number of carbonyl (C=O) groups is 1. The molecule has 0 spiro atoms. The quantitative estimate of drug-likeness (QED) is 0.846. The van der Waals surface area contributed by atoms with Gasteiger partial charge in [0, 0.05) is 18.1 Å². The van der Waals surface area contributed by atoms with E-state index in [0.717, 1.165) is 35.4 Å². The van der Waals surface area contributed by atoms with Crippen LogP contribution in [0.25, 0.3) is 0 Å². The van der Waals surface area contributed by atoms with Crippen LogP contribution in [0, 0.1) is 0 Å². The van der Waals surface area contributed by atoms with E-state index < -0.39 is 0 Å². The third-order valence-electron chi connectivity index (χ3n) is 5.32. The summed E-state index contributed by atoms with van der Waals surface area (Å²) in [5, 5.41) is 4.02. The molecule has 1 N–H and O–H groups in total. The second kappa shape index (κ2) is 10.8. The van der Waals surface area contributed by atoms with Gasteiger partial charge in [-0.05, 0) is 62.4 Å². The second-order valence-electron chi connectivity index (χ2n) is 7.21. The smallest absolute Gasteiger partial charge is 0.226 e. The molecule has 3 rings (SSSR count). The fraction of sp³-hybridized carbons (Fsp3) is 0.667. The number of nitrogens with zero attached hydrogens (tertiary/aromatic N) is 1. The van der Waals surface area contributed by atoms with E-state index in [1.807, 2.05) is 24.1 Å². The number of aryl methyl sites for hydroxylation is 1. The minimum Gasteiger partial charge on any atom is -0.342 e. The largest absolute Gasteiger partial charge is 0.342 e. The number of nitrogens with one attached hydrogen (secondary N) is 1. The van der Waals surface area contributed by atoms with E-state index in [-0.39, 0.29) is 5.91 Å². The maximum Gasteiger partial charge on any atom is 0.226 e. The first-order chi connectivity index (χ1) is 12.1. The second-order valence-corrected chi connectivity index (χ2v) is 7.62. The van der Waals surface area contributed by atoms with Gasteiger partial charge in [-0.15, -0.1) is 0 Å². The van der Waals surface area contributed by atoms with Crippen molar-refractivity contribution in [1.82, 2.24) is 10.2 Å².